The van der Waals surface area contributed by atoms with Crippen molar-refractivity contribution in [3.63, 3.8) is 0 Å². The fourth-order valence-corrected chi connectivity index (χ4v) is 3.71. The molecule has 0 bridgehead atoms. The molecule has 1 aliphatic rings. The third-order valence-electron chi connectivity index (χ3n) is 5.34. The zero-order valence-corrected chi connectivity index (χ0v) is 16.8. The van der Waals surface area contributed by atoms with Crippen LogP contribution in [-0.4, -0.2) is 52.1 Å². The summed E-state index contributed by atoms with van der Waals surface area (Å²) in [5.41, 5.74) is 2.38. The Morgan fingerprint density at radius 3 is 2.40 bits per heavy atom. The van der Waals surface area contributed by atoms with Crippen molar-refractivity contribution in [2.75, 3.05) is 26.2 Å². The summed E-state index contributed by atoms with van der Waals surface area (Å²) in [6.07, 6.45) is -0.981. The van der Waals surface area contributed by atoms with Crippen LogP contribution in [0, 0.1) is 5.82 Å². The fraction of sp³-hybridized carbons (Fsp3) is 0.304. The molecule has 1 unspecified atom stereocenters. The molecule has 1 atom stereocenters. The number of nitrogens with zero attached hydrogens (tertiary/aromatic N) is 3. The summed E-state index contributed by atoms with van der Waals surface area (Å²) in [5.74, 6) is -0.475. The van der Waals surface area contributed by atoms with E-state index in [9.17, 15) is 14.3 Å². The van der Waals surface area contributed by atoms with Crippen LogP contribution >= 0.6 is 0 Å². The Morgan fingerprint density at radius 2 is 1.77 bits per heavy atom. The predicted molar refractivity (Wildman–Crippen MR) is 110 cm³/mol. The van der Waals surface area contributed by atoms with Crippen LogP contribution in [0.4, 0.5) is 4.39 Å². The molecule has 2 heterocycles. The predicted octanol–water partition coefficient (Wildman–Crippen LogP) is 3.49. The standard InChI is InChI=1S/C23H24FN3O3/c1-16(28)22-20(21(25-30-22)18-7-9-19(24)10-8-18)23(29)27-13-11-26(12-14-27)15-17-5-3-2-4-6-17/h2-10,16,28H,11-15H2,1H3. The van der Waals surface area contributed by atoms with Gasteiger partial charge in [-0.1, -0.05) is 35.5 Å². The minimum absolute atomic E-state index is 0.131. The van der Waals surface area contributed by atoms with E-state index in [2.05, 4.69) is 22.2 Å². The second-order valence-electron chi connectivity index (χ2n) is 7.51. The van der Waals surface area contributed by atoms with Crippen molar-refractivity contribution in [2.45, 2.75) is 19.6 Å². The number of aromatic nitrogens is 1. The number of benzene rings is 2. The van der Waals surface area contributed by atoms with Crippen molar-refractivity contribution in [3.05, 3.63) is 77.3 Å². The molecule has 3 aromatic rings. The van der Waals surface area contributed by atoms with E-state index in [4.69, 9.17) is 4.52 Å². The number of aliphatic hydroxyl groups excluding tert-OH is 1. The Morgan fingerprint density at radius 1 is 1.10 bits per heavy atom. The van der Waals surface area contributed by atoms with Gasteiger partial charge in [-0.15, -0.1) is 0 Å². The Hall–Kier alpha value is -3.03. The zero-order chi connectivity index (χ0) is 21.1. The van der Waals surface area contributed by atoms with E-state index in [0.29, 0.717) is 24.3 Å². The third kappa shape index (κ3) is 4.27. The van der Waals surface area contributed by atoms with Crippen LogP contribution in [0.5, 0.6) is 0 Å². The van der Waals surface area contributed by atoms with Crippen molar-refractivity contribution >= 4 is 5.91 Å². The molecule has 1 aliphatic heterocycles. The topological polar surface area (TPSA) is 69.8 Å². The Kier molecular flexibility index (Phi) is 5.92. The van der Waals surface area contributed by atoms with Crippen molar-refractivity contribution in [1.82, 2.24) is 15.0 Å². The Labute approximate surface area is 174 Å². The summed E-state index contributed by atoms with van der Waals surface area (Å²) in [6, 6.07) is 16.0. The molecule has 6 nitrogen and oxygen atoms in total. The van der Waals surface area contributed by atoms with Gasteiger partial charge in [-0.2, -0.15) is 0 Å². The molecule has 7 heteroatoms. The first-order valence-electron chi connectivity index (χ1n) is 10.0. The smallest absolute Gasteiger partial charge is 0.259 e. The molecule has 1 N–H and O–H groups in total. The molecule has 30 heavy (non-hydrogen) atoms. The SMILES string of the molecule is CC(O)c1onc(-c2ccc(F)cc2)c1C(=O)N1CCN(Cc2ccccc2)CC1. The number of aliphatic hydroxyl groups is 1. The number of amides is 1. The van der Waals surface area contributed by atoms with Crippen LogP contribution in [0.3, 0.4) is 0 Å². The molecular weight excluding hydrogens is 385 g/mol. The highest BCUT2D eigenvalue weighted by Crippen LogP contribution is 2.30. The zero-order valence-electron chi connectivity index (χ0n) is 16.8. The normalized spacial score (nSPS) is 15.9. The van der Waals surface area contributed by atoms with E-state index in [0.717, 1.165) is 19.6 Å². The van der Waals surface area contributed by atoms with Gasteiger partial charge in [0.25, 0.3) is 5.91 Å². The summed E-state index contributed by atoms with van der Waals surface area (Å²) < 4.78 is 18.6. The lowest BCUT2D eigenvalue weighted by Crippen LogP contribution is -2.48. The highest BCUT2D eigenvalue weighted by Gasteiger charge is 2.31. The summed E-state index contributed by atoms with van der Waals surface area (Å²) in [7, 11) is 0. The number of hydrogen-bond acceptors (Lipinski definition) is 5. The quantitative estimate of drug-likeness (QED) is 0.699. The Balaban J connectivity index is 1.52. The number of rotatable bonds is 5. The van der Waals surface area contributed by atoms with Crippen molar-refractivity contribution in [2.24, 2.45) is 0 Å². The highest BCUT2D eigenvalue weighted by molar-refractivity contribution is 6.01. The van der Waals surface area contributed by atoms with Crippen LogP contribution in [0.25, 0.3) is 11.3 Å². The third-order valence-corrected chi connectivity index (χ3v) is 5.34. The minimum atomic E-state index is -0.981. The molecule has 0 spiro atoms. The summed E-state index contributed by atoms with van der Waals surface area (Å²) >= 11 is 0. The average Bonchev–Trinajstić information content (AvgIpc) is 3.20. The number of carbonyl (C=O) groups excluding carboxylic acids is 1. The number of carbonyl (C=O) groups is 1. The van der Waals surface area contributed by atoms with E-state index in [1.165, 1.54) is 24.6 Å². The van der Waals surface area contributed by atoms with Gasteiger partial charge in [-0.25, -0.2) is 4.39 Å². The highest BCUT2D eigenvalue weighted by atomic mass is 19.1. The number of piperazine rings is 1. The van der Waals surface area contributed by atoms with Gasteiger partial charge in [0.2, 0.25) is 0 Å². The van der Waals surface area contributed by atoms with E-state index in [1.54, 1.807) is 17.0 Å². The molecule has 1 saturated heterocycles. The van der Waals surface area contributed by atoms with Gasteiger partial charge in [-0.3, -0.25) is 9.69 Å². The van der Waals surface area contributed by atoms with E-state index >= 15 is 0 Å². The molecule has 1 fully saturated rings. The lowest BCUT2D eigenvalue weighted by atomic mass is 10.0. The molecule has 4 rings (SSSR count). The van der Waals surface area contributed by atoms with Crippen molar-refractivity contribution in [3.8, 4) is 11.3 Å². The molecule has 1 amide bonds. The first kappa shape index (κ1) is 20.3. The summed E-state index contributed by atoms with van der Waals surface area (Å²) in [6.45, 7) is 5.01. The molecule has 2 aromatic carbocycles. The van der Waals surface area contributed by atoms with Gasteiger partial charge in [0.15, 0.2) is 5.76 Å². The lowest BCUT2D eigenvalue weighted by Gasteiger charge is -2.34. The number of halogens is 1. The molecule has 0 aliphatic carbocycles. The van der Waals surface area contributed by atoms with Crippen molar-refractivity contribution in [1.29, 1.82) is 0 Å². The van der Waals surface area contributed by atoms with Crippen LogP contribution in [-0.2, 0) is 6.54 Å². The molecule has 0 saturated carbocycles. The second-order valence-corrected chi connectivity index (χ2v) is 7.51. The van der Waals surface area contributed by atoms with Gasteiger partial charge in [0, 0.05) is 38.3 Å². The first-order valence-corrected chi connectivity index (χ1v) is 10.0. The second kappa shape index (κ2) is 8.77. The van der Waals surface area contributed by atoms with E-state index in [-0.39, 0.29) is 23.0 Å². The van der Waals surface area contributed by atoms with Gasteiger partial charge in [0.1, 0.15) is 23.2 Å². The van der Waals surface area contributed by atoms with E-state index in [1.807, 2.05) is 18.2 Å². The van der Waals surface area contributed by atoms with Gasteiger partial charge >= 0.3 is 0 Å². The van der Waals surface area contributed by atoms with Crippen LogP contribution < -0.4 is 0 Å². The first-order chi connectivity index (χ1) is 14.5. The maximum absolute atomic E-state index is 13.3. The largest absolute Gasteiger partial charge is 0.385 e. The van der Waals surface area contributed by atoms with Crippen molar-refractivity contribution < 1.29 is 18.8 Å². The average molecular weight is 409 g/mol. The summed E-state index contributed by atoms with van der Waals surface area (Å²) in [4.78, 5) is 17.4. The molecule has 1 aromatic heterocycles. The maximum Gasteiger partial charge on any atom is 0.259 e. The lowest BCUT2D eigenvalue weighted by molar-refractivity contribution is 0.0619. The monoisotopic (exact) mass is 409 g/mol. The maximum atomic E-state index is 13.3. The molecule has 156 valence electrons. The van der Waals surface area contributed by atoms with Crippen LogP contribution in [0.15, 0.2) is 59.1 Å². The molecular formula is C23H24FN3O3. The Bertz CT molecular complexity index is 994. The van der Waals surface area contributed by atoms with Gasteiger partial charge in [0.05, 0.1) is 0 Å². The fourth-order valence-electron chi connectivity index (χ4n) is 3.71. The van der Waals surface area contributed by atoms with Crippen LogP contribution in [0.2, 0.25) is 0 Å². The van der Waals surface area contributed by atoms with Gasteiger partial charge in [-0.05, 0) is 36.8 Å². The minimum Gasteiger partial charge on any atom is -0.385 e. The van der Waals surface area contributed by atoms with Crippen LogP contribution in [0.1, 0.15) is 34.7 Å². The van der Waals surface area contributed by atoms with E-state index < -0.39 is 6.10 Å². The summed E-state index contributed by atoms with van der Waals surface area (Å²) in [5, 5.41) is 14.1. The number of hydrogen-bond donors (Lipinski definition) is 1. The molecule has 0 radical (unpaired) electrons. The van der Waals surface area contributed by atoms with Gasteiger partial charge < -0.3 is 14.5 Å².